The number of para-hydroxylation sites is 1. The van der Waals surface area contributed by atoms with Crippen molar-refractivity contribution in [1.82, 2.24) is 25.0 Å². The van der Waals surface area contributed by atoms with Crippen molar-refractivity contribution in [3.8, 4) is 16.4 Å². The molecule has 0 bridgehead atoms. The molecule has 1 aliphatic rings. The third-order valence-corrected chi connectivity index (χ3v) is 6.11. The molecule has 1 N–H and O–H groups in total. The number of carbonyl (C=O) groups excluding carboxylic acids is 1. The highest BCUT2D eigenvalue weighted by molar-refractivity contribution is 7.13. The number of thiophene rings is 1. The molecule has 1 fully saturated rings. The minimum absolute atomic E-state index is 0. The Bertz CT molecular complexity index is 905. The molecular formula is C21H26ClN5OS. The fourth-order valence-corrected chi connectivity index (χ4v) is 4.33. The lowest BCUT2D eigenvalue weighted by atomic mass is 9.93. The minimum Gasteiger partial charge on any atom is -0.336 e. The molecule has 1 amide bonds. The first-order valence-electron chi connectivity index (χ1n) is 9.76. The van der Waals surface area contributed by atoms with Crippen molar-refractivity contribution in [2.45, 2.75) is 19.3 Å². The van der Waals surface area contributed by atoms with E-state index >= 15 is 0 Å². The summed E-state index contributed by atoms with van der Waals surface area (Å²) in [6, 6.07) is 13.9. The lowest BCUT2D eigenvalue weighted by molar-refractivity contribution is 0.0675. The molecule has 4 rings (SSSR count). The fourth-order valence-electron chi connectivity index (χ4n) is 3.63. The Balaban J connectivity index is 0.00000240. The zero-order chi connectivity index (χ0) is 19.3. The van der Waals surface area contributed by atoms with Crippen LogP contribution in [0, 0.1) is 5.92 Å². The monoisotopic (exact) mass is 431 g/mol. The molecule has 1 saturated heterocycles. The largest absolute Gasteiger partial charge is 0.336 e. The van der Waals surface area contributed by atoms with Crippen LogP contribution in [0.5, 0.6) is 0 Å². The lowest BCUT2D eigenvalue weighted by Crippen LogP contribution is -2.39. The van der Waals surface area contributed by atoms with Crippen molar-refractivity contribution in [1.29, 1.82) is 0 Å². The second kappa shape index (κ2) is 10.0. The average molecular weight is 432 g/mol. The van der Waals surface area contributed by atoms with Crippen LogP contribution in [-0.4, -0.2) is 52.3 Å². The SMILES string of the molecule is CNCCC1CCN(C(=O)c2nc(-c3cccs3)n(-c3ccccc3)n2)CC1.Cl. The molecular weight excluding hydrogens is 406 g/mol. The molecule has 3 aromatic rings. The predicted octanol–water partition coefficient (Wildman–Crippen LogP) is 3.88. The summed E-state index contributed by atoms with van der Waals surface area (Å²) in [6.07, 6.45) is 3.26. The number of halogens is 1. The number of benzene rings is 1. The van der Waals surface area contributed by atoms with E-state index in [2.05, 4.69) is 15.4 Å². The number of hydrogen-bond donors (Lipinski definition) is 1. The molecule has 0 unspecified atom stereocenters. The number of hydrogen-bond acceptors (Lipinski definition) is 5. The van der Waals surface area contributed by atoms with E-state index in [1.807, 2.05) is 59.8 Å². The Labute approximate surface area is 181 Å². The quantitative estimate of drug-likeness (QED) is 0.643. The lowest BCUT2D eigenvalue weighted by Gasteiger charge is -2.31. The number of carbonyl (C=O) groups is 1. The molecule has 1 aliphatic heterocycles. The summed E-state index contributed by atoms with van der Waals surface area (Å²) in [4.78, 5) is 20.6. The second-order valence-electron chi connectivity index (χ2n) is 7.11. The van der Waals surface area contributed by atoms with Crippen LogP contribution in [0.15, 0.2) is 47.8 Å². The summed E-state index contributed by atoms with van der Waals surface area (Å²) in [5.74, 6) is 1.61. The van der Waals surface area contributed by atoms with Crippen molar-refractivity contribution >= 4 is 29.7 Å². The number of nitrogens with one attached hydrogen (secondary N) is 1. The first kappa shape index (κ1) is 21.5. The number of amides is 1. The summed E-state index contributed by atoms with van der Waals surface area (Å²) in [6.45, 7) is 2.59. The van der Waals surface area contributed by atoms with Crippen molar-refractivity contribution in [3.05, 3.63) is 53.7 Å². The van der Waals surface area contributed by atoms with Gasteiger partial charge in [-0.1, -0.05) is 24.3 Å². The summed E-state index contributed by atoms with van der Waals surface area (Å²) in [5.41, 5.74) is 0.906. The Kier molecular flexibility index (Phi) is 7.41. The van der Waals surface area contributed by atoms with Crippen LogP contribution in [0.25, 0.3) is 16.4 Å². The van der Waals surface area contributed by atoms with E-state index in [1.165, 1.54) is 6.42 Å². The van der Waals surface area contributed by atoms with Gasteiger partial charge < -0.3 is 10.2 Å². The van der Waals surface area contributed by atoms with Crippen LogP contribution in [0.4, 0.5) is 0 Å². The van der Waals surface area contributed by atoms with E-state index in [4.69, 9.17) is 0 Å². The number of nitrogens with zero attached hydrogens (tertiary/aromatic N) is 4. The summed E-state index contributed by atoms with van der Waals surface area (Å²) in [5, 5.41) is 9.81. The zero-order valence-electron chi connectivity index (χ0n) is 16.5. The first-order chi connectivity index (χ1) is 13.8. The van der Waals surface area contributed by atoms with Crippen molar-refractivity contribution in [2.75, 3.05) is 26.7 Å². The Hall–Kier alpha value is -2.22. The molecule has 154 valence electrons. The summed E-state index contributed by atoms with van der Waals surface area (Å²) >= 11 is 1.60. The molecule has 0 spiro atoms. The third-order valence-electron chi connectivity index (χ3n) is 5.25. The highest BCUT2D eigenvalue weighted by Crippen LogP contribution is 2.26. The molecule has 3 heterocycles. The first-order valence-corrected chi connectivity index (χ1v) is 10.6. The van der Waals surface area contributed by atoms with Gasteiger partial charge in [-0.25, -0.2) is 9.67 Å². The number of piperidine rings is 1. The molecule has 0 radical (unpaired) electrons. The number of likely N-dealkylation sites (tertiary alicyclic amines) is 1. The molecule has 2 aromatic heterocycles. The highest BCUT2D eigenvalue weighted by Gasteiger charge is 2.27. The molecule has 29 heavy (non-hydrogen) atoms. The van der Waals surface area contributed by atoms with Crippen LogP contribution < -0.4 is 5.32 Å². The number of rotatable bonds is 6. The van der Waals surface area contributed by atoms with Gasteiger partial charge in [0, 0.05) is 13.1 Å². The van der Waals surface area contributed by atoms with Gasteiger partial charge in [0.15, 0.2) is 5.82 Å². The van der Waals surface area contributed by atoms with Crippen LogP contribution in [0.3, 0.4) is 0 Å². The van der Waals surface area contributed by atoms with E-state index in [1.54, 1.807) is 16.0 Å². The maximum absolute atomic E-state index is 13.1. The molecule has 0 saturated carbocycles. The second-order valence-corrected chi connectivity index (χ2v) is 8.06. The predicted molar refractivity (Wildman–Crippen MR) is 119 cm³/mol. The summed E-state index contributed by atoms with van der Waals surface area (Å²) in [7, 11) is 1.98. The van der Waals surface area contributed by atoms with Gasteiger partial charge in [0.1, 0.15) is 0 Å². The van der Waals surface area contributed by atoms with Gasteiger partial charge in [-0.05, 0) is 62.4 Å². The van der Waals surface area contributed by atoms with Gasteiger partial charge in [0.25, 0.3) is 5.91 Å². The van der Waals surface area contributed by atoms with Crippen LogP contribution in [-0.2, 0) is 0 Å². The van der Waals surface area contributed by atoms with Crippen molar-refractivity contribution in [2.24, 2.45) is 5.92 Å². The van der Waals surface area contributed by atoms with Gasteiger partial charge in [0.2, 0.25) is 5.82 Å². The normalized spacial score (nSPS) is 14.6. The van der Waals surface area contributed by atoms with Gasteiger partial charge in [-0.2, -0.15) is 0 Å². The minimum atomic E-state index is -0.0699. The van der Waals surface area contributed by atoms with Crippen LogP contribution in [0.2, 0.25) is 0 Å². The number of aromatic nitrogens is 3. The van der Waals surface area contributed by atoms with Crippen molar-refractivity contribution < 1.29 is 4.79 Å². The van der Waals surface area contributed by atoms with E-state index in [0.29, 0.717) is 11.7 Å². The van der Waals surface area contributed by atoms with Gasteiger partial charge in [-0.15, -0.1) is 28.8 Å². The van der Waals surface area contributed by atoms with Crippen LogP contribution >= 0.6 is 23.7 Å². The maximum atomic E-state index is 13.1. The van der Waals surface area contributed by atoms with E-state index in [-0.39, 0.29) is 24.1 Å². The Morgan fingerprint density at radius 3 is 2.59 bits per heavy atom. The smallest absolute Gasteiger partial charge is 0.293 e. The van der Waals surface area contributed by atoms with Gasteiger partial charge in [0.05, 0.1) is 10.6 Å². The van der Waals surface area contributed by atoms with Crippen LogP contribution in [0.1, 0.15) is 29.9 Å². The Morgan fingerprint density at radius 1 is 1.17 bits per heavy atom. The van der Waals surface area contributed by atoms with Gasteiger partial charge in [-0.3, -0.25) is 4.79 Å². The van der Waals surface area contributed by atoms with Gasteiger partial charge >= 0.3 is 0 Å². The standard InChI is InChI=1S/C21H25N5OS.ClH/c1-22-12-9-16-10-13-25(14-11-16)21(27)19-23-20(18-8-5-15-28-18)26(24-19)17-6-3-2-4-7-17;/h2-8,15-16,22H,9-14H2,1H3;1H. The maximum Gasteiger partial charge on any atom is 0.293 e. The molecule has 0 atom stereocenters. The molecule has 6 nitrogen and oxygen atoms in total. The van der Waals surface area contributed by atoms with E-state index < -0.39 is 0 Å². The average Bonchev–Trinajstić information content (AvgIpc) is 3.42. The third kappa shape index (κ3) is 4.86. The molecule has 0 aliphatic carbocycles. The van der Waals surface area contributed by atoms with Crippen molar-refractivity contribution in [3.63, 3.8) is 0 Å². The molecule has 1 aromatic carbocycles. The Morgan fingerprint density at radius 2 is 1.93 bits per heavy atom. The highest BCUT2D eigenvalue weighted by atomic mass is 35.5. The topological polar surface area (TPSA) is 63.1 Å². The van der Waals surface area contributed by atoms with E-state index in [0.717, 1.165) is 43.0 Å². The van der Waals surface area contributed by atoms with E-state index in [9.17, 15) is 4.79 Å². The summed E-state index contributed by atoms with van der Waals surface area (Å²) < 4.78 is 1.78. The zero-order valence-corrected chi connectivity index (χ0v) is 18.1. The fraction of sp³-hybridized carbons (Fsp3) is 0.381. The molecule has 8 heteroatoms.